The summed E-state index contributed by atoms with van der Waals surface area (Å²) in [4.78, 5) is 24.0. The number of benzene rings is 2. The topological polar surface area (TPSA) is 64.7 Å². The molecular formula is C16H15N2O3+. The third kappa shape index (κ3) is 2.43. The highest BCUT2D eigenvalue weighted by molar-refractivity contribution is 6.00. The quantitative estimate of drug-likeness (QED) is 0.399. The molecule has 1 N–H and O–H groups in total. The summed E-state index contributed by atoms with van der Waals surface area (Å²) in [5, 5.41) is 10.8. The van der Waals surface area contributed by atoms with Crippen molar-refractivity contribution in [1.29, 1.82) is 0 Å². The smallest absolute Gasteiger partial charge is 0.269 e. The number of ketones is 1. The van der Waals surface area contributed by atoms with E-state index in [9.17, 15) is 14.9 Å². The molecule has 1 unspecified atom stereocenters. The lowest BCUT2D eigenvalue weighted by Crippen LogP contribution is -2.91. The second kappa shape index (κ2) is 5.10. The Balaban J connectivity index is 1.84. The molecule has 1 aliphatic heterocycles. The first-order chi connectivity index (χ1) is 10.1. The van der Waals surface area contributed by atoms with Crippen molar-refractivity contribution < 1.29 is 14.6 Å². The number of non-ortho nitro benzene ring substituents is 1. The Bertz CT molecular complexity index is 700. The fraction of sp³-hybridized carbons (Fsp3) is 0.188. The van der Waals surface area contributed by atoms with Crippen LogP contribution in [-0.4, -0.2) is 23.8 Å². The maximum Gasteiger partial charge on any atom is 0.269 e. The molecule has 1 heterocycles. The van der Waals surface area contributed by atoms with Crippen molar-refractivity contribution in [3.8, 4) is 0 Å². The van der Waals surface area contributed by atoms with Crippen LogP contribution in [0.4, 0.5) is 5.69 Å². The standard InChI is InChI=1S/C16H14N2O3/c1-17-14(12-8-5-9-13(10-12)18(20)21)15(17)16(19)11-6-3-2-4-7-11/h2-10,14-15H,1H3/p+1/t14-,15-,17?/m1/s1. The normalized spacial score (nSPS) is 23.6. The Morgan fingerprint density at radius 3 is 2.52 bits per heavy atom. The Morgan fingerprint density at radius 2 is 1.86 bits per heavy atom. The fourth-order valence-corrected chi connectivity index (χ4v) is 2.82. The van der Waals surface area contributed by atoms with Crippen LogP contribution in [0.2, 0.25) is 0 Å². The zero-order chi connectivity index (χ0) is 15.0. The molecule has 1 saturated heterocycles. The number of carbonyl (C=O) groups is 1. The lowest BCUT2D eigenvalue weighted by molar-refractivity contribution is -0.762. The molecule has 0 spiro atoms. The highest BCUT2D eigenvalue weighted by Gasteiger charge is 2.57. The first-order valence-corrected chi connectivity index (χ1v) is 6.76. The number of Topliss-reactive ketones (excluding diaryl/α,β-unsaturated/α-hetero) is 1. The van der Waals surface area contributed by atoms with Crippen molar-refractivity contribution in [2.75, 3.05) is 7.05 Å². The Morgan fingerprint density at radius 1 is 1.14 bits per heavy atom. The molecule has 0 aliphatic carbocycles. The zero-order valence-corrected chi connectivity index (χ0v) is 11.5. The summed E-state index contributed by atoms with van der Waals surface area (Å²) in [6.45, 7) is 0. The SMILES string of the molecule is C[NH+]1[C@H](c2cccc([N+](=O)[O-])c2)[C@@H]1C(=O)c1ccccc1. The average Bonchev–Trinajstić information content (AvgIpc) is 3.18. The van der Waals surface area contributed by atoms with E-state index in [2.05, 4.69) is 0 Å². The fourth-order valence-electron chi connectivity index (χ4n) is 2.82. The molecule has 3 rings (SSSR count). The number of nitro benzene ring substituents is 1. The molecule has 3 atom stereocenters. The van der Waals surface area contributed by atoms with Gasteiger partial charge in [0.15, 0.2) is 6.04 Å². The second-order valence-corrected chi connectivity index (χ2v) is 5.28. The van der Waals surface area contributed by atoms with Gasteiger partial charge >= 0.3 is 0 Å². The van der Waals surface area contributed by atoms with E-state index in [0.717, 1.165) is 10.5 Å². The van der Waals surface area contributed by atoms with Gasteiger partial charge in [0.2, 0.25) is 11.8 Å². The van der Waals surface area contributed by atoms with E-state index < -0.39 is 4.92 Å². The molecule has 5 heteroatoms. The summed E-state index contributed by atoms with van der Waals surface area (Å²) in [6.07, 6.45) is 0. The molecule has 0 bridgehead atoms. The Kier molecular flexibility index (Phi) is 3.27. The third-order valence-electron chi connectivity index (χ3n) is 3.99. The minimum atomic E-state index is -0.408. The van der Waals surface area contributed by atoms with E-state index in [-0.39, 0.29) is 23.6 Å². The molecule has 0 radical (unpaired) electrons. The average molecular weight is 283 g/mol. The van der Waals surface area contributed by atoms with Gasteiger partial charge in [-0.05, 0) is 0 Å². The predicted octanol–water partition coefficient (Wildman–Crippen LogP) is 1.42. The number of hydrogen-bond acceptors (Lipinski definition) is 3. The highest BCUT2D eigenvalue weighted by atomic mass is 16.6. The number of quaternary nitrogens is 1. The molecule has 2 aromatic rings. The van der Waals surface area contributed by atoms with Gasteiger partial charge in [0.1, 0.15) is 0 Å². The van der Waals surface area contributed by atoms with Crippen molar-refractivity contribution in [3.63, 3.8) is 0 Å². The van der Waals surface area contributed by atoms with Gasteiger partial charge in [-0.2, -0.15) is 0 Å². The van der Waals surface area contributed by atoms with Crippen LogP contribution in [0, 0.1) is 10.1 Å². The number of nitrogens with one attached hydrogen (secondary N) is 1. The molecular weight excluding hydrogens is 268 g/mol. The molecule has 0 aromatic heterocycles. The molecule has 106 valence electrons. The molecule has 5 nitrogen and oxygen atoms in total. The van der Waals surface area contributed by atoms with E-state index in [0.29, 0.717) is 5.56 Å². The van der Waals surface area contributed by atoms with Crippen molar-refractivity contribution >= 4 is 11.5 Å². The number of hydrogen-bond donors (Lipinski definition) is 1. The van der Waals surface area contributed by atoms with Crippen LogP contribution in [0.1, 0.15) is 22.0 Å². The lowest BCUT2D eigenvalue weighted by atomic mass is 10.0. The van der Waals surface area contributed by atoms with Gasteiger partial charge in [-0.15, -0.1) is 0 Å². The third-order valence-corrected chi connectivity index (χ3v) is 3.99. The van der Waals surface area contributed by atoms with Gasteiger partial charge in [-0.1, -0.05) is 42.5 Å². The van der Waals surface area contributed by atoms with Gasteiger partial charge in [-0.25, -0.2) is 0 Å². The number of likely N-dealkylation sites (N-methyl/N-ethyl adjacent to an activating group) is 1. The van der Waals surface area contributed by atoms with Gasteiger partial charge in [-0.3, -0.25) is 14.9 Å². The maximum absolute atomic E-state index is 12.5. The maximum atomic E-state index is 12.5. The number of carbonyl (C=O) groups excluding carboxylic acids is 1. The predicted molar refractivity (Wildman–Crippen MR) is 77.3 cm³/mol. The van der Waals surface area contributed by atoms with Crippen molar-refractivity contribution in [2.24, 2.45) is 0 Å². The highest BCUT2D eigenvalue weighted by Crippen LogP contribution is 2.27. The van der Waals surface area contributed by atoms with E-state index in [1.165, 1.54) is 6.07 Å². The monoisotopic (exact) mass is 283 g/mol. The summed E-state index contributed by atoms with van der Waals surface area (Å²) >= 11 is 0. The molecule has 1 fully saturated rings. The van der Waals surface area contributed by atoms with Gasteiger partial charge < -0.3 is 4.90 Å². The van der Waals surface area contributed by atoms with Crippen molar-refractivity contribution in [3.05, 3.63) is 75.8 Å². The van der Waals surface area contributed by atoms with Crippen LogP contribution in [-0.2, 0) is 0 Å². The van der Waals surface area contributed by atoms with Crippen LogP contribution < -0.4 is 4.90 Å². The number of nitro groups is 1. The zero-order valence-electron chi connectivity index (χ0n) is 11.5. The molecule has 0 saturated carbocycles. The minimum Gasteiger partial charge on any atom is -0.312 e. The van der Waals surface area contributed by atoms with E-state index in [1.54, 1.807) is 24.3 Å². The minimum absolute atomic E-state index is 0.00222. The largest absolute Gasteiger partial charge is 0.312 e. The summed E-state index contributed by atoms with van der Waals surface area (Å²) in [7, 11) is 1.94. The first-order valence-electron chi connectivity index (χ1n) is 6.76. The Labute approximate surface area is 122 Å². The molecule has 2 aromatic carbocycles. The van der Waals surface area contributed by atoms with Crippen LogP contribution in [0.25, 0.3) is 0 Å². The van der Waals surface area contributed by atoms with E-state index in [4.69, 9.17) is 0 Å². The van der Waals surface area contributed by atoms with E-state index in [1.807, 2.05) is 31.3 Å². The van der Waals surface area contributed by atoms with Crippen molar-refractivity contribution in [2.45, 2.75) is 12.1 Å². The van der Waals surface area contributed by atoms with Crippen LogP contribution in [0.15, 0.2) is 54.6 Å². The van der Waals surface area contributed by atoms with Crippen LogP contribution >= 0.6 is 0 Å². The Hall–Kier alpha value is -2.53. The van der Waals surface area contributed by atoms with Gasteiger partial charge in [0.25, 0.3) is 5.69 Å². The number of rotatable bonds is 4. The molecule has 1 aliphatic rings. The summed E-state index contributed by atoms with van der Waals surface area (Å²) in [6, 6.07) is 15.5. The summed E-state index contributed by atoms with van der Waals surface area (Å²) in [5.74, 6) is 0.0876. The van der Waals surface area contributed by atoms with Crippen LogP contribution in [0.3, 0.4) is 0 Å². The second-order valence-electron chi connectivity index (χ2n) is 5.28. The lowest BCUT2D eigenvalue weighted by Gasteiger charge is -1.96. The summed E-state index contributed by atoms with van der Waals surface area (Å²) < 4.78 is 0. The van der Waals surface area contributed by atoms with E-state index >= 15 is 0 Å². The molecule has 21 heavy (non-hydrogen) atoms. The first kappa shape index (κ1) is 13.5. The number of nitrogens with zero attached hydrogens (tertiary/aromatic N) is 1. The van der Waals surface area contributed by atoms with Crippen molar-refractivity contribution in [1.82, 2.24) is 0 Å². The van der Waals surface area contributed by atoms with Crippen LogP contribution in [0.5, 0.6) is 0 Å². The van der Waals surface area contributed by atoms with Gasteiger partial charge in [0.05, 0.1) is 12.0 Å². The van der Waals surface area contributed by atoms with Gasteiger partial charge in [0, 0.05) is 23.3 Å². The molecule has 0 amide bonds. The summed E-state index contributed by atoms with van der Waals surface area (Å²) in [5.41, 5.74) is 1.60.